The fourth-order valence-corrected chi connectivity index (χ4v) is 5.00. The van der Waals surface area contributed by atoms with Gasteiger partial charge in [-0.1, -0.05) is 59.6 Å². The quantitative estimate of drug-likeness (QED) is 0.416. The van der Waals surface area contributed by atoms with Crippen molar-refractivity contribution in [3.63, 3.8) is 0 Å². The number of amides is 1. The summed E-state index contributed by atoms with van der Waals surface area (Å²) in [5.41, 5.74) is 1.68. The zero-order valence-corrected chi connectivity index (χ0v) is 20.5. The molecule has 2 N–H and O–H groups in total. The van der Waals surface area contributed by atoms with Crippen molar-refractivity contribution in [3.8, 4) is 5.75 Å². The standard InChI is InChI=1S/C24H24Cl2N2O4S/c1-3-32-22-13-12-18(14-16(22)2)33(30,31)28-21(15-17-8-5-4-6-9-17)24(29)27-23-19(25)10-7-11-20(23)26/h4-14,21,28H,3,15H2,1-2H3,(H,27,29). The van der Waals surface area contributed by atoms with Gasteiger partial charge in [0.05, 0.1) is 27.2 Å². The molecule has 0 saturated carbocycles. The number of rotatable bonds is 9. The van der Waals surface area contributed by atoms with Crippen molar-refractivity contribution in [3.05, 3.63) is 87.9 Å². The normalized spacial score (nSPS) is 12.2. The fraction of sp³-hybridized carbons (Fsp3) is 0.208. The van der Waals surface area contributed by atoms with E-state index in [0.717, 1.165) is 5.56 Å². The molecule has 0 saturated heterocycles. The number of hydrogen-bond donors (Lipinski definition) is 2. The van der Waals surface area contributed by atoms with E-state index in [1.807, 2.05) is 37.3 Å². The number of para-hydroxylation sites is 1. The van der Waals surface area contributed by atoms with Crippen LogP contribution >= 0.6 is 23.2 Å². The maximum atomic E-state index is 13.2. The van der Waals surface area contributed by atoms with Gasteiger partial charge in [-0.15, -0.1) is 0 Å². The highest BCUT2D eigenvalue weighted by Crippen LogP contribution is 2.30. The summed E-state index contributed by atoms with van der Waals surface area (Å²) in [4.78, 5) is 13.2. The molecule has 0 spiro atoms. The molecule has 3 aromatic carbocycles. The number of hydrogen-bond acceptors (Lipinski definition) is 4. The number of halogens is 2. The molecule has 0 aromatic heterocycles. The highest BCUT2D eigenvalue weighted by Gasteiger charge is 2.27. The van der Waals surface area contributed by atoms with Crippen LogP contribution in [0.4, 0.5) is 5.69 Å². The first-order valence-corrected chi connectivity index (χ1v) is 12.5. The molecule has 0 aliphatic carbocycles. The van der Waals surface area contributed by atoms with E-state index in [1.54, 1.807) is 31.2 Å². The summed E-state index contributed by atoms with van der Waals surface area (Å²) in [7, 11) is -4.02. The van der Waals surface area contributed by atoms with Crippen molar-refractivity contribution < 1.29 is 17.9 Å². The van der Waals surface area contributed by atoms with Crippen molar-refractivity contribution in [2.45, 2.75) is 31.2 Å². The van der Waals surface area contributed by atoms with E-state index in [2.05, 4.69) is 10.0 Å². The first kappa shape index (κ1) is 25.1. The van der Waals surface area contributed by atoms with Gasteiger partial charge in [0.1, 0.15) is 11.8 Å². The van der Waals surface area contributed by atoms with Gasteiger partial charge < -0.3 is 10.1 Å². The van der Waals surface area contributed by atoms with E-state index in [1.165, 1.54) is 12.1 Å². The van der Waals surface area contributed by atoms with Gasteiger partial charge in [-0.3, -0.25) is 4.79 Å². The zero-order chi connectivity index (χ0) is 24.0. The third kappa shape index (κ3) is 6.48. The second kappa shape index (κ2) is 11.0. The van der Waals surface area contributed by atoms with Gasteiger partial charge in [0, 0.05) is 0 Å². The van der Waals surface area contributed by atoms with Crippen LogP contribution in [0.1, 0.15) is 18.1 Å². The van der Waals surface area contributed by atoms with Gasteiger partial charge in [-0.25, -0.2) is 8.42 Å². The minimum Gasteiger partial charge on any atom is -0.494 e. The number of sulfonamides is 1. The van der Waals surface area contributed by atoms with Crippen LogP contribution in [0, 0.1) is 6.92 Å². The maximum absolute atomic E-state index is 13.2. The van der Waals surface area contributed by atoms with Crippen LogP contribution in [-0.2, 0) is 21.2 Å². The van der Waals surface area contributed by atoms with Crippen LogP contribution in [0.5, 0.6) is 5.75 Å². The van der Waals surface area contributed by atoms with Crippen LogP contribution in [0.3, 0.4) is 0 Å². The Morgan fingerprint density at radius 1 is 1.00 bits per heavy atom. The van der Waals surface area contributed by atoms with E-state index in [-0.39, 0.29) is 27.0 Å². The Bertz CT molecular complexity index is 1210. The second-order valence-electron chi connectivity index (χ2n) is 7.31. The highest BCUT2D eigenvalue weighted by atomic mass is 35.5. The third-order valence-electron chi connectivity index (χ3n) is 4.86. The van der Waals surface area contributed by atoms with E-state index >= 15 is 0 Å². The Balaban J connectivity index is 1.90. The number of carbonyl (C=O) groups excluding carboxylic acids is 1. The molecule has 6 nitrogen and oxygen atoms in total. The fourth-order valence-electron chi connectivity index (χ4n) is 3.23. The lowest BCUT2D eigenvalue weighted by Gasteiger charge is -2.20. The van der Waals surface area contributed by atoms with Crippen LogP contribution in [0.15, 0.2) is 71.6 Å². The van der Waals surface area contributed by atoms with Gasteiger partial charge in [0.2, 0.25) is 15.9 Å². The van der Waals surface area contributed by atoms with Crippen LogP contribution in [0.25, 0.3) is 0 Å². The van der Waals surface area contributed by atoms with Gasteiger partial charge in [0.15, 0.2) is 0 Å². The Morgan fingerprint density at radius 3 is 2.27 bits per heavy atom. The SMILES string of the molecule is CCOc1ccc(S(=O)(=O)NC(Cc2ccccc2)C(=O)Nc2c(Cl)cccc2Cl)cc1C. The van der Waals surface area contributed by atoms with Gasteiger partial charge in [-0.2, -0.15) is 4.72 Å². The molecule has 1 atom stereocenters. The van der Waals surface area contributed by atoms with Crippen molar-refractivity contribution in [2.75, 3.05) is 11.9 Å². The lowest BCUT2D eigenvalue weighted by molar-refractivity contribution is -0.117. The smallest absolute Gasteiger partial charge is 0.242 e. The van der Waals surface area contributed by atoms with Crippen molar-refractivity contribution in [1.82, 2.24) is 4.72 Å². The molecule has 0 fully saturated rings. The summed E-state index contributed by atoms with van der Waals surface area (Å²) in [6, 6.07) is 17.4. The molecule has 33 heavy (non-hydrogen) atoms. The highest BCUT2D eigenvalue weighted by molar-refractivity contribution is 7.89. The number of benzene rings is 3. The first-order valence-electron chi connectivity index (χ1n) is 10.3. The Hall–Kier alpha value is -2.58. The number of aryl methyl sites for hydroxylation is 1. The Morgan fingerprint density at radius 2 is 1.67 bits per heavy atom. The predicted octanol–water partition coefficient (Wildman–Crippen LogP) is 5.23. The number of nitrogens with one attached hydrogen (secondary N) is 2. The number of carbonyl (C=O) groups is 1. The lowest BCUT2D eigenvalue weighted by atomic mass is 10.1. The molecule has 1 unspecified atom stereocenters. The summed E-state index contributed by atoms with van der Waals surface area (Å²) in [6.45, 7) is 4.08. The topological polar surface area (TPSA) is 84.5 Å². The summed E-state index contributed by atoms with van der Waals surface area (Å²) in [5.74, 6) is 0.0171. The number of anilines is 1. The molecule has 0 heterocycles. The maximum Gasteiger partial charge on any atom is 0.242 e. The second-order valence-corrected chi connectivity index (χ2v) is 9.84. The predicted molar refractivity (Wildman–Crippen MR) is 132 cm³/mol. The van der Waals surface area contributed by atoms with Crippen LogP contribution in [-0.4, -0.2) is 27.0 Å². The molecular formula is C24H24Cl2N2O4S. The van der Waals surface area contributed by atoms with Crippen molar-refractivity contribution in [1.29, 1.82) is 0 Å². The van der Waals surface area contributed by atoms with Crippen molar-refractivity contribution in [2.24, 2.45) is 0 Å². The lowest BCUT2D eigenvalue weighted by Crippen LogP contribution is -2.45. The van der Waals surface area contributed by atoms with E-state index in [9.17, 15) is 13.2 Å². The minimum absolute atomic E-state index is 0.0325. The Kier molecular flexibility index (Phi) is 8.37. The molecule has 0 aliphatic rings. The summed E-state index contributed by atoms with van der Waals surface area (Å²) >= 11 is 12.4. The monoisotopic (exact) mass is 506 g/mol. The Labute approximate surface area is 203 Å². The third-order valence-corrected chi connectivity index (χ3v) is 6.96. The molecule has 9 heteroatoms. The largest absolute Gasteiger partial charge is 0.494 e. The van der Waals surface area contributed by atoms with E-state index in [4.69, 9.17) is 27.9 Å². The van der Waals surface area contributed by atoms with Gasteiger partial charge >= 0.3 is 0 Å². The molecule has 0 aliphatic heterocycles. The van der Waals surface area contributed by atoms with E-state index < -0.39 is 22.0 Å². The molecule has 174 valence electrons. The molecule has 3 aromatic rings. The average molecular weight is 507 g/mol. The zero-order valence-electron chi connectivity index (χ0n) is 18.1. The van der Waals surface area contributed by atoms with Crippen LogP contribution in [0.2, 0.25) is 10.0 Å². The van der Waals surface area contributed by atoms with Crippen LogP contribution < -0.4 is 14.8 Å². The van der Waals surface area contributed by atoms with E-state index in [0.29, 0.717) is 17.9 Å². The summed E-state index contributed by atoms with van der Waals surface area (Å²) in [6.07, 6.45) is 0.129. The minimum atomic E-state index is -4.02. The average Bonchev–Trinajstić information content (AvgIpc) is 2.78. The molecule has 1 amide bonds. The molecule has 0 radical (unpaired) electrons. The first-order chi connectivity index (χ1) is 15.7. The molecule has 0 bridgehead atoms. The summed E-state index contributed by atoms with van der Waals surface area (Å²) < 4.78 is 34.3. The summed E-state index contributed by atoms with van der Waals surface area (Å²) in [5, 5.41) is 3.16. The number of ether oxygens (including phenoxy) is 1. The van der Waals surface area contributed by atoms with Gasteiger partial charge in [-0.05, 0) is 61.7 Å². The van der Waals surface area contributed by atoms with Crippen molar-refractivity contribution >= 4 is 44.8 Å². The molecule has 3 rings (SSSR count). The molecular weight excluding hydrogens is 483 g/mol. The van der Waals surface area contributed by atoms with Gasteiger partial charge in [0.25, 0.3) is 0 Å².